The van der Waals surface area contributed by atoms with Crippen molar-refractivity contribution in [1.82, 2.24) is 5.32 Å². The highest BCUT2D eigenvalue weighted by molar-refractivity contribution is 6.31. The van der Waals surface area contributed by atoms with Gasteiger partial charge in [0, 0.05) is 23.6 Å². The molecular formula is C22H25ClN2O4. The summed E-state index contributed by atoms with van der Waals surface area (Å²) in [6.45, 7) is 3.39. The van der Waals surface area contributed by atoms with Gasteiger partial charge in [0.2, 0.25) is 5.91 Å². The molecule has 0 aliphatic heterocycles. The van der Waals surface area contributed by atoms with Crippen LogP contribution in [0.2, 0.25) is 5.02 Å². The number of halogens is 1. The second-order valence-corrected chi connectivity index (χ2v) is 7.13. The molecule has 2 amide bonds. The van der Waals surface area contributed by atoms with Crippen molar-refractivity contribution in [3.05, 3.63) is 64.7 Å². The Balaban J connectivity index is 1.63. The molecule has 0 aromatic heterocycles. The van der Waals surface area contributed by atoms with Crippen LogP contribution in [0.3, 0.4) is 0 Å². The highest BCUT2D eigenvalue weighted by Crippen LogP contribution is 2.20. The van der Waals surface area contributed by atoms with Crippen molar-refractivity contribution in [3.63, 3.8) is 0 Å². The number of esters is 1. The summed E-state index contributed by atoms with van der Waals surface area (Å²) < 4.78 is 4.97. The van der Waals surface area contributed by atoms with Crippen LogP contribution in [0.15, 0.2) is 48.5 Å². The van der Waals surface area contributed by atoms with Gasteiger partial charge < -0.3 is 15.4 Å². The predicted molar refractivity (Wildman–Crippen MR) is 113 cm³/mol. The predicted octanol–water partition coefficient (Wildman–Crippen LogP) is 4.18. The molecule has 0 heterocycles. The number of anilines is 1. The van der Waals surface area contributed by atoms with E-state index in [0.29, 0.717) is 17.1 Å². The van der Waals surface area contributed by atoms with E-state index in [0.717, 1.165) is 11.1 Å². The monoisotopic (exact) mass is 416 g/mol. The molecule has 2 N–H and O–H groups in total. The number of nitrogens with one attached hydrogen (secondary N) is 2. The zero-order chi connectivity index (χ0) is 21.2. The van der Waals surface area contributed by atoms with Crippen molar-refractivity contribution in [2.24, 2.45) is 0 Å². The quantitative estimate of drug-likeness (QED) is 0.600. The van der Waals surface area contributed by atoms with E-state index in [2.05, 4.69) is 10.6 Å². The van der Waals surface area contributed by atoms with Crippen molar-refractivity contribution >= 4 is 35.1 Å². The van der Waals surface area contributed by atoms with Gasteiger partial charge in [-0.3, -0.25) is 14.4 Å². The summed E-state index contributed by atoms with van der Waals surface area (Å²) in [6, 6.07) is 14.6. The molecule has 0 spiro atoms. The van der Waals surface area contributed by atoms with Crippen LogP contribution < -0.4 is 10.6 Å². The van der Waals surface area contributed by atoms with Crippen molar-refractivity contribution in [2.75, 3.05) is 11.9 Å². The number of carbonyl (C=O) groups excluding carboxylic acids is 3. The maximum Gasteiger partial charge on any atom is 0.306 e. The third kappa shape index (κ3) is 7.95. The molecule has 0 radical (unpaired) electrons. The first-order valence-corrected chi connectivity index (χ1v) is 9.79. The maximum absolute atomic E-state index is 11.9. The zero-order valence-electron chi connectivity index (χ0n) is 16.5. The minimum absolute atomic E-state index is 0.0591. The van der Waals surface area contributed by atoms with Crippen LogP contribution in [0.25, 0.3) is 0 Å². The van der Waals surface area contributed by atoms with Crippen LogP contribution in [0.1, 0.15) is 43.4 Å². The van der Waals surface area contributed by atoms with Gasteiger partial charge in [0.15, 0.2) is 6.61 Å². The fraction of sp³-hybridized carbons (Fsp3) is 0.318. The molecule has 0 aliphatic rings. The Hall–Kier alpha value is -2.86. The molecule has 2 aromatic carbocycles. The Kier molecular flexibility index (Phi) is 8.68. The lowest BCUT2D eigenvalue weighted by atomic mass is 10.1. The molecule has 6 nitrogen and oxygen atoms in total. The average molecular weight is 417 g/mol. The summed E-state index contributed by atoms with van der Waals surface area (Å²) in [5.41, 5.74) is 2.50. The number of carbonyl (C=O) groups is 3. The molecule has 2 aromatic rings. The van der Waals surface area contributed by atoms with E-state index in [4.69, 9.17) is 16.3 Å². The second kappa shape index (κ2) is 11.2. The molecule has 1 atom stereocenters. The minimum Gasteiger partial charge on any atom is -0.456 e. The molecule has 0 saturated heterocycles. The molecule has 0 fully saturated rings. The highest BCUT2D eigenvalue weighted by atomic mass is 35.5. The first kappa shape index (κ1) is 22.4. The Labute approximate surface area is 175 Å². The molecule has 0 unspecified atom stereocenters. The van der Waals surface area contributed by atoms with Crippen molar-refractivity contribution in [3.8, 4) is 0 Å². The van der Waals surface area contributed by atoms with E-state index in [9.17, 15) is 14.4 Å². The lowest BCUT2D eigenvalue weighted by Gasteiger charge is -2.14. The minimum atomic E-state index is -0.515. The summed E-state index contributed by atoms with van der Waals surface area (Å²) in [7, 11) is 0. The Morgan fingerprint density at radius 1 is 1.03 bits per heavy atom. The molecule has 2 rings (SSSR count). The summed E-state index contributed by atoms with van der Waals surface area (Å²) >= 11 is 6.02. The third-order valence-corrected chi connectivity index (χ3v) is 4.69. The standard InChI is InChI=1S/C22H25ClN2O4/c1-15-11-12-18(13-19(15)23)25-20(26)9-6-10-22(28)29-14-21(27)24-16(2)17-7-4-3-5-8-17/h3-5,7-8,11-13,16H,6,9-10,14H2,1-2H3,(H,24,27)(H,25,26)/t16-/m0/s1. The molecule has 0 bridgehead atoms. The SMILES string of the molecule is Cc1ccc(NC(=O)CCCC(=O)OCC(=O)N[C@@H](C)c2ccccc2)cc1Cl. The van der Waals surface area contributed by atoms with Gasteiger partial charge in [0.25, 0.3) is 5.91 Å². The molecule has 29 heavy (non-hydrogen) atoms. The van der Waals surface area contributed by atoms with Crippen LogP contribution >= 0.6 is 11.6 Å². The summed E-state index contributed by atoms with van der Waals surface area (Å²) in [5.74, 6) is -1.10. The molecule has 7 heteroatoms. The Morgan fingerprint density at radius 2 is 1.76 bits per heavy atom. The van der Waals surface area contributed by atoms with E-state index in [1.807, 2.05) is 50.2 Å². The van der Waals surface area contributed by atoms with Gasteiger partial charge in [0.1, 0.15) is 0 Å². The zero-order valence-corrected chi connectivity index (χ0v) is 17.3. The van der Waals surface area contributed by atoms with E-state index >= 15 is 0 Å². The Bertz CT molecular complexity index is 855. The third-order valence-electron chi connectivity index (χ3n) is 4.28. The van der Waals surface area contributed by atoms with Crippen LogP contribution in [0, 0.1) is 6.92 Å². The number of benzene rings is 2. The van der Waals surface area contributed by atoms with Gasteiger partial charge >= 0.3 is 5.97 Å². The summed E-state index contributed by atoms with van der Waals surface area (Å²) in [5, 5.41) is 6.08. The van der Waals surface area contributed by atoms with Crippen LogP contribution in [-0.2, 0) is 19.1 Å². The lowest BCUT2D eigenvalue weighted by Crippen LogP contribution is -2.31. The fourth-order valence-electron chi connectivity index (χ4n) is 2.61. The molecule has 154 valence electrons. The van der Waals surface area contributed by atoms with Gasteiger partial charge in [0.05, 0.1) is 6.04 Å². The normalized spacial score (nSPS) is 11.4. The van der Waals surface area contributed by atoms with Crippen molar-refractivity contribution in [1.29, 1.82) is 0 Å². The van der Waals surface area contributed by atoms with Gasteiger partial charge in [-0.2, -0.15) is 0 Å². The van der Waals surface area contributed by atoms with Crippen LogP contribution in [0.5, 0.6) is 0 Å². The number of hydrogen-bond donors (Lipinski definition) is 2. The fourth-order valence-corrected chi connectivity index (χ4v) is 2.79. The highest BCUT2D eigenvalue weighted by Gasteiger charge is 2.12. The lowest BCUT2D eigenvalue weighted by molar-refractivity contribution is -0.148. The number of hydrogen-bond acceptors (Lipinski definition) is 4. The van der Waals surface area contributed by atoms with Crippen LogP contribution in [-0.4, -0.2) is 24.4 Å². The van der Waals surface area contributed by atoms with Crippen LogP contribution in [0.4, 0.5) is 5.69 Å². The summed E-state index contributed by atoms with van der Waals surface area (Å²) in [4.78, 5) is 35.6. The topological polar surface area (TPSA) is 84.5 Å². The average Bonchev–Trinajstić information content (AvgIpc) is 2.70. The van der Waals surface area contributed by atoms with Crippen molar-refractivity contribution in [2.45, 2.75) is 39.2 Å². The number of amides is 2. The van der Waals surface area contributed by atoms with Gasteiger partial charge in [-0.05, 0) is 43.5 Å². The molecule has 0 aliphatic carbocycles. The number of aryl methyl sites for hydroxylation is 1. The first-order chi connectivity index (χ1) is 13.8. The summed E-state index contributed by atoms with van der Waals surface area (Å²) in [6.07, 6.45) is 0.549. The molecular weight excluding hydrogens is 392 g/mol. The van der Waals surface area contributed by atoms with Gasteiger partial charge in [-0.15, -0.1) is 0 Å². The first-order valence-electron chi connectivity index (χ1n) is 9.41. The van der Waals surface area contributed by atoms with E-state index in [-0.39, 0.29) is 37.3 Å². The maximum atomic E-state index is 11.9. The van der Waals surface area contributed by atoms with Gasteiger partial charge in [-0.1, -0.05) is 48.0 Å². The second-order valence-electron chi connectivity index (χ2n) is 6.73. The largest absolute Gasteiger partial charge is 0.456 e. The Morgan fingerprint density at radius 3 is 2.45 bits per heavy atom. The van der Waals surface area contributed by atoms with E-state index in [1.54, 1.807) is 12.1 Å². The van der Waals surface area contributed by atoms with E-state index in [1.165, 1.54) is 0 Å². The smallest absolute Gasteiger partial charge is 0.306 e. The van der Waals surface area contributed by atoms with Crippen molar-refractivity contribution < 1.29 is 19.1 Å². The van der Waals surface area contributed by atoms with E-state index < -0.39 is 5.97 Å². The number of ether oxygens (including phenoxy) is 1. The number of rotatable bonds is 9. The molecule has 0 saturated carbocycles. The van der Waals surface area contributed by atoms with Gasteiger partial charge in [-0.25, -0.2) is 0 Å².